The van der Waals surface area contributed by atoms with Crippen LogP contribution in [0.2, 0.25) is 5.02 Å². The lowest BCUT2D eigenvalue weighted by atomic mass is 10.1. The molecule has 154 valence electrons. The summed E-state index contributed by atoms with van der Waals surface area (Å²) >= 11 is 6.15. The minimum Gasteiger partial charge on any atom is -0.493 e. The van der Waals surface area contributed by atoms with E-state index >= 15 is 0 Å². The number of amides is 4. The van der Waals surface area contributed by atoms with Crippen LogP contribution in [-0.2, 0) is 9.59 Å². The molecule has 0 aliphatic carbocycles. The van der Waals surface area contributed by atoms with Crippen LogP contribution in [0, 0.1) is 10.1 Å². The number of urea groups is 1. The Bertz CT molecular complexity index is 1110. The summed E-state index contributed by atoms with van der Waals surface area (Å²) < 4.78 is 10.3. The van der Waals surface area contributed by atoms with Gasteiger partial charge in [-0.2, -0.15) is 0 Å². The highest BCUT2D eigenvalue weighted by Gasteiger charge is 2.37. The summed E-state index contributed by atoms with van der Waals surface area (Å²) in [5.41, 5.74) is -0.411. The fourth-order valence-corrected chi connectivity index (χ4v) is 3.12. The number of halogens is 1. The van der Waals surface area contributed by atoms with Gasteiger partial charge in [-0.15, -0.1) is 0 Å². The standard InChI is InChI=1S/C19H14ClN3O7/c1-29-15-8-10(7-14(20)16(15)30-2)6-13-17(24)21-19(26)22(18(13)25)11-4-3-5-12(9-11)23(27)28/h3-9H,1-2H3,(H,21,24,26)/b13-6+. The van der Waals surface area contributed by atoms with Gasteiger partial charge in [-0.3, -0.25) is 25.0 Å². The zero-order chi connectivity index (χ0) is 22.0. The number of nitrogens with one attached hydrogen (secondary N) is 1. The van der Waals surface area contributed by atoms with Crippen molar-refractivity contribution in [3.63, 3.8) is 0 Å². The number of carbonyl (C=O) groups excluding carboxylic acids is 3. The Morgan fingerprint density at radius 1 is 1.13 bits per heavy atom. The van der Waals surface area contributed by atoms with Crippen LogP contribution in [0.4, 0.5) is 16.2 Å². The molecule has 0 bridgehead atoms. The molecule has 11 heteroatoms. The number of anilines is 1. The molecule has 1 fully saturated rings. The lowest BCUT2D eigenvalue weighted by Crippen LogP contribution is -2.54. The smallest absolute Gasteiger partial charge is 0.335 e. The summed E-state index contributed by atoms with van der Waals surface area (Å²) in [5.74, 6) is -1.32. The number of carbonyl (C=O) groups is 3. The van der Waals surface area contributed by atoms with Crippen LogP contribution >= 0.6 is 11.6 Å². The van der Waals surface area contributed by atoms with Crippen LogP contribution in [0.25, 0.3) is 6.08 Å². The Labute approximate surface area is 174 Å². The van der Waals surface area contributed by atoms with Crippen molar-refractivity contribution in [3.05, 3.63) is 62.7 Å². The number of nitro benzene ring substituents is 1. The average Bonchev–Trinajstić information content (AvgIpc) is 2.70. The van der Waals surface area contributed by atoms with Crippen molar-refractivity contribution >= 4 is 46.9 Å². The molecular weight excluding hydrogens is 418 g/mol. The molecule has 2 aromatic rings. The second-order valence-electron chi connectivity index (χ2n) is 5.97. The SMILES string of the molecule is COc1cc(/C=C2\C(=O)NC(=O)N(c3cccc([N+](=O)[O-])c3)C2=O)cc(Cl)c1OC. The Hall–Kier alpha value is -3.92. The number of nitro groups is 1. The molecule has 30 heavy (non-hydrogen) atoms. The molecule has 1 saturated heterocycles. The second kappa shape index (κ2) is 8.21. The molecule has 1 aliphatic rings. The van der Waals surface area contributed by atoms with E-state index in [2.05, 4.69) is 0 Å². The van der Waals surface area contributed by atoms with Gasteiger partial charge in [0.2, 0.25) is 0 Å². The van der Waals surface area contributed by atoms with Gasteiger partial charge >= 0.3 is 6.03 Å². The first-order valence-electron chi connectivity index (χ1n) is 8.34. The maximum atomic E-state index is 12.9. The van der Waals surface area contributed by atoms with E-state index in [1.165, 1.54) is 50.6 Å². The molecule has 1 aliphatic heterocycles. The maximum absolute atomic E-state index is 12.9. The van der Waals surface area contributed by atoms with Crippen molar-refractivity contribution in [2.45, 2.75) is 0 Å². The minimum absolute atomic E-state index is 0.0598. The number of nitrogens with zero attached hydrogens (tertiary/aromatic N) is 2. The van der Waals surface area contributed by atoms with E-state index in [0.29, 0.717) is 10.5 Å². The summed E-state index contributed by atoms with van der Waals surface area (Å²) in [6, 6.07) is 6.85. The Morgan fingerprint density at radius 3 is 2.50 bits per heavy atom. The van der Waals surface area contributed by atoms with E-state index < -0.39 is 22.8 Å². The summed E-state index contributed by atoms with van der Waals surface area (Å²) in [6.07, 6.45) is 1.22. The third kappa shape index (κ3) is 3.80. The van der Waals surface area contributed by atoms with Crippen LogP contribution in [0.3, 0.4) is 0 Å². The van der Waals surface area contributed by atoms with Crippen LogP contribution in [0.15, 0.2) is 42.0 Å². The molecule has 1 N–H and O–H groups in total. The molecule has 3 rings (SSSR count). The summed E-state index contributed by atoms with van der Waals surface area (Å²) in [6.45, 7) is 0. The van der Waals surface area contributed by atoms with Crippen LogP contribution in [0.1, 0.15) is 5.56 Å². The van der Waals surface area contributed by atoms with Crippen LogP contribution in [0.5, 0.6) is 11.5 Å². The van der Waals surface area contributed by atoms with Crippen molar-refractivity contribution in [1.82, 2.24) is 5.32 Å². The van der Waals surface area contributed by atoms with Gasteiger partial charge in [-0.25, -0.2) is 9.69 Å². The quantitative estimate of drug-likeness (QED) is 0.333. The molecule has 0 saturated carbocycles. The molecule has 0 radical (unpaired) electrons. The first-order valence-corrected chi connectivity index (χ1v) is 8.72. The van der Waals surface area contributed by atoms with Gasteiger partial charge in [-0.1, -0.05) is 17.7 Å². The molecule has 0 unspecified atom stereocenters. The highest BCUT2D eigenvalue weighted by molar-refractivity contribution is 6.39. The number of imide groups is 2. The first-order chi connectivity index (χ1) is 14.3. The van der Waals surface area contributed by atoms with Gasteiger partial charge in [0, 0.05) is 12.1 Å². The topological polar surface area (TPSA) is 128 Å². The molecule has 0 spiro atoms. The van der Waals surface area contributed by atoms with Crippen molar-refractivity contribution in [2.24, 2.45) is 0 Å². The number of benzene rings is 2. The third-order valence-corrected chi connectivity index (χ3v) is 4.45. The highest BCUT2D eigenvalue weighted by Crippen LogP contribution is 2.37. The number of non-ortho nitro benzene ring substituents is 1. The molecule has 0 atom stereocenters. The number of rotatable bonds is 5. The zero-order valence-corrected chi connectivity index (χ0v) is 16.4. The Morgan fingerprint density at radius 2 is 1.87 bits per heavy atom. The van der Waals surface area contributed by atoms with Crippen molar-refractivity contribution in [3.8, 4) is 11.5 Å². The Kier molecular flexibility index (Phi) is 5.70. The van der Waals surface area contributed by atoms with E-state index in [9.17, 15) is 24.5 Å². The number of barbiturate groups is 1. The van der Waals surface area contributed by atoms with E-state index in [4.69, 9.17) is 21.1 Å². The van der Waals surface area contributed by atoms with Crippen molar-refractivity contribution < 1.29 is 28.8 Å². The van der Waals surface area contributed by atoms with E-state index in [1.54, 1.807) is 0 Å². The van der Waals surface area contributed by atoms with Gasteiger partial charge < -0.3 is 9.47 Å². The zero-order valence-electron chi connectivity index (χ0n) is 15.7. The monoisotopic (exact) mass is 431 g/mol. The van der Waals surface area contributed by atoms with Crippen molar-refractivity contribution in [2.75, 3.05) is 19.1 Å². The number of ether oxygens (including phenoxy) is 2. The number of hydrogen-bond donors (Lipinski definition) is 1. The first kappa shape index (κ1) is 20.8. The van der Waals surface area contributed by atoms with E-state index in [-0.39, 0.29) is 33.5 Å². The molecule has 2 aromatic carbocycles. The fraction of sp³-hybridized carbons (Fsp3) is 0.105. The normalized spacial score (nSPS) is 15.2. The van der Waals surface area contributed by atoms with Crippen LogP contribution in [-0.4, -0.2) is 37.0 Å². The molecular formula is C19H14ClN3O7. The number of methoxy groups -OCH3 is 2. The number of hydrogen-bond acceptors (Lipinski definition) is 7. The minimum atomic E-state index is -1.02. The predicted molar refractivity (Wildman–Crippen MR) is 107 cm³/mol. The lowest BCUT2D eigenvalue weighted by molar-refractivity contribution is -0.384. The molecule has 0 aromatic heterocycles. The summed E-state index contributed by atoms with van der Waals surface area (Å²) in [7, 11) is 2.80. The molecule has 1 heterocycles. The average molecular weight is 432 g/mol. The highest BCUT2D eigenvalue weighted by atomic mass is 35.5. The van der Waals surface area contributed by atoms with Gasteiger partial charge in [0.1, 0.15) is 5.57 Å². The lowest BCUT2D eigenvalue weighted by Gasteiger charge is -2.26. The maximum Gasteiger partial charge on any atom is 0.335 e. The van der Waals surface area contributed by atoms with Gasteiger partial charge in [0.15, 0.2) is 11.5 Å². The van der Waals surface area contributed by atoms with Crippen molar-refractivity contribution in [1.29, 1.82) is 0 Å². The summed E-state index contributed by atoms with van der Waals surface area (Å²) in [4.78, 5) is 48.4. The molecule has 10 nitrogen and oxygen atoms in total. The Balaban J connectivity index is 2.06. The fourth-order valence-electron chi connectivity index (χ4n) is 2.83. The second-order valence-corrected chi connectivity index (χ2v) is 6.38. The van der Waals surface area contributed by atoms with Crippen LogP contribution < -0.4 is 19.7 Å². The van der Waals surface area contributed by atoms with Gasteiger partial charge in [0.05, 0.1) is 29.9 Å². The third-order valence-electron chi connectivity index (χ3n) is 4.17. The van der Waals surface area contributed by atoms with E-state index in [1.807, 2.05) is 5.32 Å². The molecule has 4 amide bonds. The van der Waals surface area contributed by atoms with Gasteiger partial charge in [0.25, 0.3) is 17.5 Å². The predicted octanol–water partition coefficient (Wildman–Crippen LogP) is 2.93. The largest absolute Gasteiger partial charge is 0.493 e. The summed E-state index contributed by atoms with van der Waals surface area (Å²) in [5, 5.41) is 13.2. The van der Waals surface area contributed by atoms with E-state index in [0.717, 1.165) is 6.07 Å². The van der Waals surface area contributed by atoms with Gasteiger partial charge in [-0.05, 0) is 29.8 Å².